The van der Waals surface area contributed by atoms with Crippen molar-refractivity contribution in [1.29, 1.82) is 0 Å². The SMILES string of the molecule is C=N/C(NC)=C(/C)C(N)/C=C/ONC. The van der Waals surface area contributed by atoms with E-state index in [1.54, 1.807) is 20.2 Å². The van der Waals surface area contributed by atoms with Gasteiger partial charge in [-0.05, 0) is 25.3 Å². The molecule has 0 aliphatic rings. The largest absolute Gasteiger partial charge is 0.417 e. The van der Waals surface area contributed by atoms with Crippen molar-refractivity contribution in [3.8, 4) is 0 Å². The van der Waals surface area contributed by atoms with Gasteiger partial charge in [-0.1, -0.05) is 0 Å². The number of nitrogens with two attached hydrogens (primary N) is 1. The van der Waals surface area contributed by atoms with Gasteiger partial charge in [-0.15, -0.1) is 0 Å². The lowest BCUT2D eigenvalue weighted by atomic mass is 10.1. The topological polar surface area (TPSA) is 71.7 Å². The molecule has 0 aliphatic heterocycles. The molecule has 14 heavy (non-hydrogen) atoms. The minimum Gasteiger partial charge on any atom is -0.417 e. The summed E-state index contributed by atoms with van der Waals surface area (Å²) in [4.78, 5) is 8.61. The molecule has 80 valence electrons. The average Bonchev–Trinajstić information content (AvgIpc) is 2.19. The summed E-state index contributed by atoms with van der Waals surface area (Å²) in [5.41, 5.74) is 9.24. The van der Waals surface area contributed by atoms with Crippen molar-refractivity contribution in [2.75, 3.05) is 14.1 Å². The van der Waals surface area contributed by atoms with Gasteiger partial charge < -0.3 is 15.9 Å². The van der Waals surface area contributed by atoms with E-state index in [1.165, 1.54) is 6.26 Å². The summed E-state index contributed by atoms with van der Waals surface area (Å²) in [7, 11) is 3.44. The molecule has 5 nitrogen and oxygen atoms in total. The molecule has 0 heterocycles. The molecule has 0 aliphatic carbocycles. The molecule has 1 atom stereocenters. The molecule has 0 bridgehead atoms. The molecule has 0 aromatic heterocycles. The van der Waals surface area contributed by atoms with E-state index in [0.29, 0.717) is 5.82 Å². The molecule has 0 spiro atoms. The van der Waals surface area contributed by atoms with E-state index in [2.05, 4.69) is 22.5 Å². The van der Waals surface area contributed by atoms with Gasteiger partial charge in [0.25, 0.3) is 0 Å². The lowest BCUT2D eigenvalue weighted by molar-refractivity contribution is 0.157. The second-order valence-electron chi connectivity index (χ2n) is 2.62. The molecule has 5 heteroatoms. The Hall–Kier alpha value is -1.33. The fourth-order valence-electron chi connectivity index (χ4n) is 0.895. The smallest absolute Gasteiger partial charge is 0.125 e. The average molecular weight is 198 g/mol. The monoisotopic (exact) mass is 198 g/mol. The molecule has 0 radical (unpaired) electrons. The van der Waals surface area contributed by atoms with E-state index in [-0.39, 0.29) is 6.04 Å². The van der Waals surface area contributed by atoms with E-state index < -0.39 is 0 Å². The fraction of sp³-hybridized carbons (Fsp3) is 0.444. The summed E-state index contributed by atoms with van der Waals surface area (Å²) >= 11 is 0. The Balaban J connectivity index is 4.42. The van der Waals surface area contributed by atoms with Crippen LogP contribution in [0.5, 0.6) is 0 Å². The van der Waals surface area contributed by atoms with Crippen LogP contribution in [0.2, 0.25) is 0 Å². The van der Waals surface area contributed by atoms with Crippen LogP contribution in [0.4, 0.5) is 0 Å². The van der Waals surface area contributed by atoms with Crippen molar-refractivity contribution < 1.29 is 4.84 Å². The van der Waals surface area contributed by atoms with Crippen LogP contribution in [-0.2, 0) is 4.84 Å². The number of nitrogens with zero attached hydrogens (tertiary/aromatic N) is 1. The highest BCUT2D eigenvalue weighted by Gasteiger charge is 2.05. The zero-order chi connectivity index (χ0) is 11.0. The molecule has 0 saturated carbocycles. The third-order valence-electron chi connectivity index (χ3n) is 1.74. The van der Waals surface area contributed by atoms with Crippen LogP contribution in [0.1, 0.15) is 6.92 Å². The van der Waals surface area contributed by atoms with E-state index >= 15 is 0 Å². The maximum absolute atomic E-state index is 5.83. The van der Waals surface area contributed by atoms with Gasteiger partial charge in [0.2, 0.25) is 0 Å². The summed E-state index contributed by atoms with van der Waals surface area (Å²) in [6.45, 7) is 5.32. The Morgan fingerprint density at radius 3 is 2.64 bits per heavy atom. The Kier molecular flexibility index (Phi) is 6.43. The first-order chi connectivity index (χ1) is 6.67. The van der Waals surface area contributed by atoms with Crippen LogP contribution in [-0.4, -0.2) is 26.9 Å². The molecule has 0 aromatic carbocycles. The summed E-state index contributed by atoms with van der Waals surface area (Å²) in [5.74, 6) is 0.687. The highest BCUT2D eigenvalue weighted by atomic mass is 16.6. The minimum absolute atomic E-state index is 0.240. The fourth-order valence-corrected chi connectivity index (χ4v) is 0.895. The van der Waals surface area contributed by atoms with Crippen molar-refractivity contribution in [1.82, 2.24) is 10.8 Å². The van der Waals surface area contributed by atoms with Gasteiger partial charge in [0.1, 0.15) is 12.1 Å². The highest BCUT2D eigenvalue weighted by Crippen LogP contribution is 2.06. The highest BCUT2D eigenvalue weighted by molar-refractivity contribution is 5.31. The molecule has 0 fully saturated rings. The molecule has 0 amide bonds. The predicted octanol–water partition coefficient (Wildman–Crippen LogP) is 0.130. The number of hydrogen-bond donors (Lipinski definition) is 3. The third-order valence-corrected chi connectivity index (χ3v) is 1.74. The second-order valence-corrected chi connectivity index (χ2v) is 2.62. The van der Waals surface area contributed by atoms with E-state index in [9.17, 15) is 0 Å². The first kappa shape index (κ1) is 12.7. The predicted molar refractivity (Wildman–Crippen MR) is 58.6 cm³/mol. The number of nitrogens with one attached hydrogen (secondary N) is 2. The van der Waals surface area contributed by atoms with Crippen LogP contribution in [0.25, 0.3) is 0 Å². The Morgan fingerprint density at radius 2 is 2.21 bits per heavy atom. The van der Waals surface area contributed by atoms with Crippen LogP contribution >= 0.6 is 0 Å². The summed E-state index contributed by atoms with van der Waals surface area (Å²) in [6.07, 6.45) is 3.21. The quantitative estimate of drug-likeness (QED) is 0.322. The van der Waals surface area contributed by atoms with Gasteiger partial charge in [-0.2, -0.15) is 5.48 Å². The normalized spacial score (nSPS) is 14.9. The van der Waals surface area contributed by atoms with Crippen molar-refractivity contribution in [3.05, 3.63) is 23.7 Å². The summed E-state index contributed by atoms with van der Waals surface area (Å²) < 4.78 is 0. The number of hydroxylamine groups is 1. The Labute approximate surface area is 84.7 Å². The molecule has 0 aromatic rings. The zero-order valence-electron chi connectivity index (χ0n) is 8.87. The van der Waals surface area contributed by atoms with Crippen LogP contribution < -0.4 is 16.5 Å². The van der Waals surface area contributed by atoms with Gasteiger partial charge in [-0.25, -0.2) is 4.99 Å². The maximum Gasteiger partial charge on any atom is 0.125 e. The number of aliphatic imine (C=N–C) groups is 1. The van der Waals surface area contributed by atoms with Crippen LogP contribution in [0, 0.1) is 0 Å². The first-order valence-electron chi connectivity index (χ1n) is 4.27. The lowest BCUT2D eigenvalue weighted by Crippen LogP contribution is -2.22. The summed E-state index contributed by atoms with van der Waals surface area (Å²) in [5, 5.41) is 2.90. The van der Waals surface area contributed by atoms with Crippen LogP contribution in [0.15, 0.2) is 28.7 Å². The third kappa shape index (κ3) is 4.06. The Morgan fingerprint density at radius 1 is 1.57 bits per heavy atom. The minimum atomic E-state index is -0.240. The second kappa shape index (κ2) is 7.11. The first-order valence-corrected chi connectivity index (χ1v) is 4.27. The van der Waals surface area contributed by atoms with E-state index in [1.807, 2.05) is 6.92 Å². The Bertz CT molecular complexity index is 235. The van der Waals surface area contributed by atoms with Gasteiger partial charge >= 0.3 is 0 Å². The van der Waals surface area contributed by atoms with E-state index in [0.717, 1.165) is 5.57 Å². The molecule has 4 N–H and O–H groups in total. The lowest BCUT2D eigenvalue weighted by Gasteiger charge is -2.10. The molecular weight excluding hydrogens is 180 g/mol. The van der Waals surface area contributed by atoms with Gasteiger partial charge in [0.15, 0.2) is 0 Å². The van der Waals surface area contributed by atoms with Crippen molar-refractivity contribution in [2.45, 2.75) is 13.0 Å². The van der Waals surface area contributed by atoms with Crippen LogP contribution in [0.3, 0.4) is 0 Å². The molecular formula is C9H18N4O. The molecule has 1 unspecified atom stereocenters. The van der Waals surface area contributed by atoms with Gasteiger partial charge in [0.05, 0.1) is 6.04 Å². The van der Waals surface area contributed by atoms with E-state index in [4.69, 9.17) is 10.6 Å². The van der Waals surface area contributed by atoms with Gasteiger partial charge in [0, 0.05) is 14.1 Å². The molecule has 0 rings (SSSR count). The number of rotatable bonds is 6. The number of hydrogen-bond acceptors (Lipinski definition) is 5. The maximum atomic E-state index is 5.83. The summed E-state index contributed by atoms with van der Waals surface area (Å²) in [6, 6.07) is -0.240. The van der Waals surface area contributed by atoms with Crippen molar-refractivity contribution >= 4 is 6.72 Å². The molecule has 0 saturated heterocycles. The van der Waals surface area contributed by atoms with Crippen molar-refractivity contribution in [3.63, 3.8) is 0 Å². The van der Waals surface area contributed by atoms with Gasteiger partial charge in [-0.3, -0.25) is 0 Å². The standard InChI is InChI=1S/C9H18N4O/c1-7(9(11-2)12-3)8(10)5-6-14-13-4/h5-6,8,12-13H,2,10H2,1,3-4H3/b6-5+,9-7+. The van der Waals surface area contributed by atoms with Crippen molar-refractivity contribution in [2.24, 2.45) is 10.7 Å². The zero-order valence-corrected chi connectivity index (χ0v) is 8.87.